The maximum atomic E-state index is 12.9. The van der Waals surface area contributed by atoms with Crippen molar-refractivity contribution in [1.82, 2.24) is 10.6 Å². The Bertz CT molecular complexity index is 962. The summed E-state index contributed by atoms with van der Waals surface area (Å²) in [6, 6.07) is 6.93. The minimum atomic E-state index is -1.29. The number of nitrogens with zero attached hydrogens (tertiary/aromatic N) is 1. The van der Waals surface area contributed by atoms with Gasteiger partial charge in [-0.2, -0.15) is 5.26 Å². The minimum Gasteiger partial charge on any atom is -0.492 e. The predicted molar refractivity (Wildman–Crippen MR) is 124 cm³/mol. The van der Waals surface area contributed by atoms with Crippen LogP contribution in [0.3, 0.4) is 0 Å². The first-order valence-corrected chi connectivity index (χ1v) is 11.6. The Balaban J connectivity index is 2.36. The Kier molecular flexibility index (Phi) is 10.5. The quantitative estimate of drug-likeness (QED) is 0.272. The molecule has 0 aromatic heterocycles. The summed E-state index contributed by atoms with van der Waals surface area (Å²) in [6.45, 7) is 3.19. The topological polar surface area (TPSA) is 127 Å². The first-order valence-electron chi connectivity index (χ1n) is 10.2. The zero-order valence-corrected chi connectivity index (χ0v) is 20.2. The van der Waals surface area contributed by atoms with Crippen LogP contribution in [0.4, 0.5) is 0 Å². The fourth-order valence-corrected chi connectivity index (χ4v) is 4.42. The number of hydrogen-bond acceptors (Lipinski definition) is 8. The number of nitrogens with one attached hydrogen (secondary N) is 2. The van der Waals surface area contributed by atoms with E-state index in [1.165, 1.54) is 7.11 Å². The van der Waals surface area contributed by atoms with Crippen LogP contribution in [0.5, 0.6) is 5.75 Å². The molecule has 0 bridgehead atoms. The fraction of sp³-hybridized carbons (Fsp3) is 0.455. The molecule has 0 saturated heterocycles. The molecule has 0 unspecified atom stereocenters. The molecule has 0 radical (unpaired) electrons. The monoisotopic (exact) mass is 495 g/mol. The van der Waals surface area contributed by atoms with E-state index in [9.17, 15) is 19.6 Å². The molecule has 0 fully saturated rings. The minimum absolute atomic E-state index is 0.0204. The average molecular weight is 496 g/mol. The number of methoxy groups -OCH3 is 2. The molecule has 2 rings (SSSR count). The highest BCUT2D eigenvalue weighted by Crippen LogP contribution is 2.42. The first kappa shape index (κ1) is 26.5. The van der Waals surface area contributed by atoms with Gasteiger partial charge in [-0.3, -0.25) is 14.4 Å². The molecule has 1 aromatic rings. The van der Waals surface area contributed by atoms with Gasteiger partial charge in [-0.25, -0.2) is 0 Å². The molecule has 2 amide bonds. The molecule has 9 nitrogen and oxygen atoms in total. The second-order valence-corrected chi connectivity index (χ2v) is 8.32. The van der Waals surface area contributed by atoms with Crippen molar-refractivity contribution in [3.63, 3.8) is 0 Å². The maximum absolute atomic E-state index is 12.9. The summed E-state index contributed by atoms with van der Waals surface area (Å²) in [7, 11) is 2.75. The molecule has 0 saturated carbocycles. The van der Waals surface area contributed by atoms with Gasteiger partial charge in [-0.15, -0.1) is 0 Å². The second kappa shape index (κ2) is 13.1. The molecule has 33 heavy (non-hydrogen) atoms. The summed E-state index contributed by atoms with van der Waals surface area (Å²) in [5.74, 6) is -3.46. The fourth-order valence-electron chi connectivity index (χ4n) is 3.30. The van der Waals surface area contributed by atoms with Crippen molar-refractivity contribution in [2.24, 2.45) is 5.92 Å². The highest BCUT2D eigenvalue weighted by atomic mass is 35.5. The van der Waals surface area contributed by atoms with Gasteiger partial charge in [0.2, 0.25) is 11.8 Å². The molecule has 1 aliphatic heterocycles. The highest BCUT2D eigenvalue weighted by Gasteiger charge is 2.44. The van der Waals surface area contributed by atoms with E-state index in [0.29, 0.717) is 37.5 Å². The molecular formula is C22H26ClN3O6S. The largest absolute Gasteiger partial charge is 0.492 e. The number of halogens is 1. The number of rotatable bonds is 11. The third kappa shape index (κ3) is 6.87. The zero-order chi connectivity index (χ0) is 24.4. The third-order valence-corrected chi connectivity index (χ3v) is 6.11. The van der Waals surface area contributed by atoms with Crippen LogP contribution in [0.25, 0.3) is 0 Å². The van der Waals surface area contributed by atoms with E-state index in [-0.39, 0.29) is 27.3 Å². The number of benzene rings is 1. The van der Waals surface area contributed by atoms with Gasteiger partial charge in [0, 0.05) is 26.2 Å². The summed E-state index contributed by atoms with van der Waals surface area (Å²) in [5.41, 5.74) is 0.620. The lowest BCUT2D eigenvalue weighted by Gasteiger charge is -2.31. The Morgan fingerprint density at radius 3 is 2.70 bits per heavy atom. The molecule has 11 heteroatoms. The Hall–Kier alpha value is -2.74. The molecule has 178 valence electrons. The molecule has 2 atom stereocenters. The summed E-state index contributed by atoms with van der Waals surface area (Å²) >= 11 is 7.33. The normalized spacial score (nSPS) is 17.7. The van der Waals surface area contributed by atoms with Crippen LogP contribution in [0, 0.1) is 17.2 Å². The molecule has 0 spiro atoms. The molecule has 0 aliphatic carbocycles. The number of hydrogen-bond donors (Lipinski definition) is 2. The van der Waals surface area contributed by atoms with E-state index in [1.807, 2.05) is 6.92 Å². The molecule has 1 aromatic carbocycles. The Labute approximate surface area is 201 Å². The molecule has 1 aliphatic rings. The van der Waals surface area contributed by atoms with Crippen molar-refractivity contribution >= 4 is 41.1 Å². The van der Waals surface area contributed by atoms with Gasteiger partial charge in [0.1, 0.15) is 11.7 Å². The number of ether oxygens (including phenoxy) is 3. The van der Waals surface area contributed by atoms with Crippen molar-refractivity contribution in [2.75, 3.05) is 39.7 Å². The van der Waals surface area contributed by atoms with E-state index in [0.717, 1.165) is 11.8 Å². The van der Waals surface area contributed by atoms with Gasteiger partial charge in [0.05, 0.1) is 41.2 Å². The van der Waals surface area contributed by atoms with Gasteiger partial charge in [-0.1, -0.05) is 29.4 Å². The SMILES string of the molecule is CCOc1ccc([C@@H]2C(C#N)=C(SCC(=O)NCCCOC)NC(=O)[C@@H]2C(=O)OC)cc1Cl. The standard InChI is InChI=1S/C22H26ClN3O6S/c1-4-32-16-7-6-13(10-15(16)23)18-14(11-24)21(26-20(28)19(18)22(29)31-3)33-12-17(27)25-8-5-9-30-2/h6-7,10,18-19H,4-5,8-9,12H2,1-3H3,(H,25,27)(H,26,28)/t18-,19-/m1/s1. The van der Waals surface area contributed by atoms with Crippen molar-refractivity contribution in [3.8, 4) is 11.8 Å². The lowest BCUT2D eigenvalue weighted by Crippen LogP contribution is -2.44. The number of carbonyl (C=O) groups excluding carboxylic acids is 3. The maximum Gasteiger partial charge on any atom is 0.319 e. The summed E-state index contributed by atoms with van der Waals surface area (Å²) in [5, 5.41) is 15.8. The van der Waals surface area contributed by atoms with E-state index < -0.39 is 23.7 Å². The molecule has 2 N–H and O–H groups in total. The van der Waals surface area contributed by atoms with Gasteiger partial charge >= 0.3 is 5.97 Å². The van der Waals surface area contributed by atoms with Gasteiger partial charge < -0.3 is 24.8 Å². The number of esters is 1. The Morgan fingerprint density at radius 1 is 1.33 bits per heavy atom. The van der Waals surface area contributed by atoms with Gasteiger partial charge in [0.15, 0.2) is 0 Å². The summed E-state index contributed by atoms with van der Waals surface area (Å²) in [6.07, 6.45) is 0.664. The number of amides is 2. The van der Waals surface area contributed by atoms with Gasteiger partial charge in [-0.05, 0) is 31.0 Å². The molecule has 1 heterocycles. The summed E-state index contributed by atoms with van der Waals surface area (Å²) < 4.78 is 15.2. The number of carbonyl (C=O) groups is 3. The number of allylic oxidation sites excluding steroid dienone is 1. The lowest BCUT2D eigenvalue weighted by molar-refractivity contribution is -0.150. The van der Waals surface area contributed by atoms with Crippen molar-refractivity contribution in [2.45, 2.75) is 19.3 Å². The first-order chi connectivity index (χ1) is 15.9. The third-order valence-electron chi connectivity index (χ3n) is 4.79. The highest BCUT2D eigenvalue weighted by molar-refractivity contribution is 8.03. The van der Waals surface area contributed by atoms with Crippen molar-refractivity contribution < 1.29 is 28.6 Å². The van der Waals surface area contributed by atoms with E-state index in [1.54, 1.807) is 25.3 Å². The smallest absolute Gasteiger partial charge is 0.319 e. The van der Waals surface area contributed by atoms with Crippen molar-refractivity contribution in [3.05, 3.63) is 39.4 Å². The predicted octanol–water partition coefficient (Wildman–Crippen LogP) is 2.36. The van der Waals surface area contributed by atoms with E-state index >= 15 is 0 Å². The van der Waals surface area contributed by atoms with Crippen LogP contribution in [-0.4, -0.2) is 57.5 Å². The van der Waals surface area contributed by atoms with Crippen LogP contribution in [0.1, 0.15) is 24.8 Å². The lowest BCUT2D eigenvalue weighted by atomic mass is 9.78. The average Bonchev–Trinajstić information content (AvgIpc) is 2.80. The number of thioether (sulfide) groups is 1. The van der Waals surface area contributed by atoms with E-state index in [2.05, 4.69) is 16.7 Å². The van der Waals surface area contributed by atoms with Crippen LogP contribution in [0.15, 0.2) is 28.8 Å². The zero-order valence-electron chi connectivity index (χ0n) is 18.6. The van der Waals surface area contributed by atoms with Crippen molar-refractivity contribution in [1.29, 1.82) is 5.26 Å². The van der Waals surface area contributed by atoms with E-state index in [4.69, 9.17) is 25.8 Å². The van der Waals surface area contributed by atoms with Crippen LogP contribution < -0.4 is 15.4 Å². The van der Waals surface area contributed by atoms with Gasteiger partial charge in [0.25, 0.3) is 0 Å². The summed E-state index contributed by atoms with van der Waals surface area (Å²) in [4.78, 5) is 37.5. The number of nitriles is 1. The van der Waals surface area contributed by atoms with Crippen LogP contribution in [0.2, 0.25) is 5.02 Å². The second-order valence-electron chi connectivity index (χ2n) is 6.93. The van der Waals surface area contributed by atoms with Crippen LogP contribution >= 0.6 is 23.4 Å². The molecular weight excluding hydrogens is 470 g/mol. The Morgan fingerprint density at radius 2 is 2.09 bits per heavy atom. The van der Waals surface area contributed by atoms with Crippen LogP contribution in [-0.2, 0) is 23.9 Å².